The first kappa shape index (κ1) is 37.2. The molecule has 0 atom stereocenters. The molecule has 0 saturated carbocycles. The van der Waals surface area contributed by atoms with E-state index in [1.165, 1.54) is 0 Å². The molecule has 41 heavy (non-hydrogen) atoms. The Labute approximate surface area is 234 Å². The Kier molecular flexibility index (Phi) is 11.2. The second kappa shape index (κ2) is 12.4. The standard InChI is InChI=1S/2C9H2F9.HN2S2.Sn/c2*10-7(11,12)4-1-5(8(13,14)15)3-6(2-4)9(16,17)18;1-4-2-3;/h2*1-2H;3H;/q;;-1;+2/p-1. The maximum Gasteiger partial charge on any atom is -0.224 e. The van der Waals surface area contributed by atoms with E-state index in [9.17, 15) is 79.0 Å². The number of benzene rings is 2. The number of nitrogens with zero attached hydrogens (tertiary/aromatic N) is 2. The van der Waals surface area contributed by atoms with Crippen LogP contribution in [0.2, 0.25) is 0 Å². The Hall–Kier alpha value is -1.85. The van der Waals surface area contributed by atoms with Crippen LogP contribution in [0.25, 0.3) is 4.78 Å². The second-order valence-electron chi connectivity index (χ2n) is 7.16. The van der Waals surface area contributed by atoms with Gasteiger partial charge in [-0.1, -0.05) is 0 Å². The van der Waals surface area contributed by atoms with E-state index in [0.29, 0.717) is 11.4 Å². The zero-order chi connectivity index (χ0) is 32.6. The van der Waals surface area contributed by atoms with Crippen molar-refractivity contribution in [3.05, 3.63) is 62.4 Å². The summed E-state index contributed by atoms with van der Waals surface area (Å²) in [6, 6.07) is -3.68. The minimum absolute atomic E-state index is 0.296. The number of alkyl halides is 18. The molecule has 2 nitrogen and oxygen atoms in total. The third-order valence-electron chi connectivity index (χ3n) is 4.44. The molecule has 0 aliphatic rings. The molecule has 2 rings (SSSR count). The summed E-state index contributed by atoms with van der Waals surface area (Å²) in [5, 5.41) is 0. The molecule has 0 spiro atoms. The summed E-state index contributed by atoms with van der Waals surface area (Å²) >= 11 is -0.612. The molecule has 0 amide bonds. The number of hydrogen-bond donors (Lipinski definition) is 0. The van der Waals surface area contributed by atoms with Crippen molar-refractivity contribution in [2.24, 2.45) is 3.77 Å². The number of hydrogen-bond acceptors (Lipinski definition) is 2. The van der Waals surface area contributed by atoms with Gasteiger partial charge in [0, 0.05) is 0 Å². The maximum atomic E-state index is 13.5. The summed E-state index contributed by atoms with van der Waals surface area (Å²) in [5.74, 6) is 0. The summed E-state index contributed by atoms with van der Waals surface area (Å²) in [6.45, 7) is 0. The van der Waals surface area contributed by atoms with Gasteiger partial charge in [-0.3, -0.25) is 0 Å². The molecular weight excluding hydrogens is 769 g/mol. The fourth-order valence-electron chi connectivity index (χ4n) is 2.90. The van der Waals surface area contributed by atoms with E-state index in [1.807, 2.05) is 0 Å². The number of halogens is 18. The van der Waals surface area contributed by atoms with Crippen molar-refractivity contribution in [1.82, 2.24) is 0 Å². The molecule has 0 heterocycles. The molecule has 0 aromatic heterocycles. The minimum Gasteiger partial charge on any atom is -0.734 e. The van der Waals surface area contributed by atoms with E-state index in [1.54, 1.807) is 0 Å². The molecule has 0 radical (unpaired) electrons. The van der Waals surface area contributed by atoms with Crippen molar-refractivity contribution in [2.45, 2.75) is 37.1 Å². The van der Waals surface area contributed by atoms with Crippen LogP contribution in [0.1, 0.15) is 33.4 Å². The van der Waals surface area contributed by atoms with Crippen LogP contribution in [0.3, 0.4) is 0 Å². The minimum atomic E-state index is -6.14. The van der Waals surface area contributed by atoms with Crippen molar-refractivity contribution in [1.29, 1.82) is 0 Å². The van der Waals surface area contributed by atoms with Gasteiger partial charge in [0.05, 0.1) is 0 Å². The third kappa shape index (κ3) is 9.85. The van der Waals surface area contributed by atoms with Gasteiger partial charge in [-0.25, -0.2) is 11.4 Å². The van der Waals surface area contributed by atoms with E-state index in [-0.39, 0.29) is 0 Å². The molecule has 0 saturated heterocycles. The molecule has 0 bridgehead atoms. The Balaban J connectivity index is 0.00000196. The van der Waals surface area contributed by atoms with Gasteiger partial charge in [0.1, 0.15) is 0 Å². The summed E-state index contributed by atoms with van der Waals surface area (Å²) in [7, 11) is 0. The Morgan fingerprint density at radius 3 is 0.805 bits per heavy atom. The molecular formula is C18H4F18N2S2Sn. The Bertz CT molecular complexity index is 1130. The van der Waals surface area contributed by atoms with E-state index in [2.05, 4.69) is 16.6 Å². The van der Waals surface area contributed by atoms with Crippen LogP contribution in [-0.2, 0) is 61.2 Å². The Morgan fingerprint density at radius 2 is 0.683 bits per heavy atom. The molecule has 2 aromatic rings. The van der Waals surface area contributed by atoms with Gasteiger partial charge in [-0.05, 0) is 0 Å². The first-order valence-corrected chi connectivity index (χ1v) is 13.2. The van der Waals surface area contributed by atoms with Gasteiger partial charge >= 0.3 is 202 Å². The Morgan fingerprint density at radius 1 is 0.488 bits per heavy atom. The van der Waals surface area contributed by atoms with E-state index >= 15 is 0 Å². The average molecular weight is 773 g/mol. The summed E-state index contributed by atoms with van der Waals surface area (Å²) in [4.78, 5) is 0. The normalized spacial score (nSPS) is 13.2. The molecule has 0 unspecified atom stereocenters. The van der Waals surface area contributed by atoms with Crippen molar-refractivity contribution in [3.8, 4) is 0 Å². The monoisotopic (exact) mass is 774 g/mol. The van der Waals surface area contributed by atoms with Crippen molar-refractivity contribution in [3.63, 3.8) is 0 Å². The van der Waals surface area contributed by atoms with Gasteiger partial charge in [0.25, 0.3) is 0 Å². The van der Waals surface area contributed by atoms with Crippen LogP contribution in [-0.4, -0.2) is 21.1 Å². The van der Waals surface area contributed by atoms with Crippen LogP contribution < -0.4 is 7.16 Å². The van der Waals surface area contributed by atoms with Gasteiger partial charge < -0.3 is 21.4 Å². The van der Waals surface area contributed by atoms with Crippen LogP contribution >= 0.6 is 0 Å². The maximum absolute atomic E-state index is 13.5. The summed E-state index contributed by atoms with van der Waals surface area (Å²) < 4.78 is 245. The fourth-order valence-corrected chi connectivity index (χ4v) is 7.59. The van der Waals surface area contributed by atoms with Gasteiger partial charge in [0.2, 0.25) is 0 Å². The van der Waals surface area contributed by atoms with E-state index < -0.39 is 123 Å². The SMILES string of the molecule is FC(F)(F)c1cc(C(F)(F)F)[c]([Sn+2][c]2c(C(F)(F)F)cc(C(F)(F)F)cc2C(F)(F)F)c(C(F)(F)F)c1.[N-]=S=N[S-]. The quantitative estimate of drug-likeness (QED) is 0.174. The molecule has 23 heteroatoms. The van der Waals surface area contributed by atoms with Gasteiger partial charge in [0.15, 0.2) is 0 Å². The predicted molar refractivity (Wildman–Crippen MR) is 108 cm³/mol. The molecule has 0 N–H and O–H groups in total. The molecule has 0 aliphatic heterocycles. The smallest absolute Gasteiger partial charge is 0.224 e. The van der Waals surface area contributed by atoms with Crippen molar-refractivity contribution >= 4 is 52.5 Å². The summed E-state index contributed by atoms with van der Waals surface area (Å²) in [5.41, 5.74) is -16.4. The first-order chi connectivity index (χ1) is 18.1. The van der Waals surface area contributed by atoms with Crippen LogP contribution in [0.4, 0.5) is 79.0 Å². The molecule has 0 fully saturated rings. The van der Waals surface area contributed by atoms with Crippen LogP contribution in [0.5, 0.6) is 0 Å². The van der Waals surface area contributed by atoms with Crippen molar-refractivity contribution in [2.75, 3.05) is 0 Å². The van der Waals surface area contributed by atoms with Crippen LogP contribution in [0, 0.1) is 0 Å². The first-order valence-electron chi connectivity index (χ1n) is 9.26. The zero-order valence-electron chi connectivity index (χ0n) is 18.3. The molecule has 228 valence electrons. The zero-order valence-corrected chi connectivity index (χ0v) is 22.8. The van der Waals surface area contributed by atoms with E-state index in [0.717, 1.165) is 0 Å². The van der Waals surface area contributed by atoms with Gasteiger partial charge in [-0.15, -0.1) is 0 Å². The topological polar surface area (TPSA) is 34.7 Å². The fraction of sp³-hybridized carbons (Fsp3) is 0.333. The predicted octanol–water partition coefficient (Wildman–Crippen LogP) is 7.92. The molecule has 2 aromatic carbocycles. The largest absolute Gasteiger partial charge is 0.734 e. The molecule has 0 aliphatic carbocycles. The van der Waals surface area contributed by atoms with Crippen molar-refractivity contribution < 1.29 is 79.0 Å². The summed E-state index contributed by atoms with van der Waals surface area (Å²) in [6.07, 6.45) is -36.3. The second-order valence-corrected chi connectivity index (χ2v) is 11.5. The van der Waals surface area contributed by atoms with Crippen LogP contribution in [0.15, 0.2) is 28.0 Å². The van der Waals surface area contributed by atoms with Gasteiger partial charge in [-0.2, -0.15) is 0 Å². The third-order valence-corrected chi connectivity index (χ3v) is 9.20. The average Bonchev–Trinajstić information content (AvgIpc) is 2.74. The van der Waals surface area contributed by atoms with E-state index in [4.69, 9.17) is 4.78 Å². The number of rotatable bonds is 2.